The van der Waals surface area contributed by atoms with Crippen molar-refractivity contribution >= 4 is 22.8 Å². The number of hydrogen-bond donors (Lipinski definition) is 2. The van der Waals surface area contributed by atoms with Crippen molar-refractivity contribution in [1.82, 2.24) is 24.8 Å². The third kappa shape index (κ3) is 6.60. The number of halogens is 7. The van der Waals surface area contributed by atoms with E-state index in [1.807, 2.05) is 0 Å². The topological polar surface area (TPSA) is 110 Å². The van der Waals surface area contributed by atoms with Crippen LogP contribution in [0.25, 0.3) is 22.3 Å². The maximum atomic E-state index is 14.8. The van der Waals surface area contributed by atoms with Crippen LogP contribution >= 0.6 is 0 Å². The van der Waals surface area contributed by atoms with E-state index < -0.39 is 52.7 Å². The van der Waals surface area contributed by atoms with Gasteiger partial charge in [-0.2, -0.15) is 13.2 Å². The molecule has 2 aromatic heterocycles. The molecule has 1 amide bonds. The Morgan fingerprint density at radius 3 is 2.09 bits per heavy atom. The Morgan fingerprint density at radius 1 is 0.857 bits per heavy atom. The van der Waals surface area contributed by atoms with E-state index in [0.717, 1.165) is 12.6 Å². The zero-order chi connectivity index (χ0) is 39.4. The third-order valence-corrected chi connectivity index (χ3v) is 13.9. The number of likely N-dealkylation sites (tertiary alicyclic amines) is 1. The van der Waals surface area contributed by atoms with Crippen molar-refractivity contribution in [2.75, 3.05) is 13.1 Å². The number of rotatable bonds is 8. The van der Waals surface area contributed by atoms with E-state index in [1.165, 1.54) is 0 Å². The number of benzene rings is 1. The fourth-order valence-electron chi connectivity index (χ4n) is 11.3. The Morgan fingerprint density at radius 2 is 1.50 bits per heavy atom. The van der Waals surface area contributed by atoms with Gasteiger partial charge in [-0.1, -0.05) is 0 Å². The molecule has 0 unspecified atom stereocenters. The molecular formula is C40H44F7N5O4. The van der Waals surface area contributed by atoms with Gasteiger partial charge in [0.15, 0.2) is 11.5 Å². The lowest BCUT2D eigenvalue weighted by Crippen LogP contribution is -2.70. The fourth-order valence-corrected chi connectivity index (χ4v) is 11.3. The molecule has 302 valence electrons. The van der Waals surface area contributed by atoms with Crippen LogP contribution in [-0.4, -0.2) is 79.0 Å². The Labute approximate surface area is 318 Å². The highest BCUT2D eigenvalue weighted by Crippen LogP contribution is 2.58. The van der Waals surface area contributed by atoms with Gasteiger partial charge in [0.05, 0.1) is 30.3 Å². The van der Waals surface area contributed by atoms with Gasteiger partial charge < -0.3 is 19.7 Å². The van der Waals surface area contributed by atoms with Crippen LogP contribution in [0.5, 0.6) is 5.75 Å². The van der Waals surface area contributed by atoms with Crippen molar-refractivity contribution in [2.45, 2.75) is 125 Å². The van der Waals surface area contributed by atoms with Crippen LogP contribution in [-0.2, 0) is 11.0 Å². The summed E-state index contributed by atoms with van der Waals surface area (Å²) in [6, 6.07) is 4.75. The SMILES string of the molecule is O=C(NC1(C(=O)O)C2CC3CC(C2)CC1C3)c1cnc(-c2cn(C3CCC(F)(F)CC3)c3cc(O[C@H]4CC[C@H](N5CC(F)(F)C5)CC4)ccc23)nc1C(F)(F)F. The Balaban J connectivity index is 1.02. The summed E-state index contributed by atoms with van der Waals surface area (Å²) in [7, 11) is 0. The fraction of sp³-hybridized carbons (Fsp3) is 0.650. The standard InChI is InChI=1S/C40H44F7N5O4/c41-37(42)9-7-26(8-10-37)52-18-31(29-6-5-28(16-32(29)52)56-27-3-1-25(2-4-27)51-19-38(43,44)20-51)34-48-17-30(33(49-34)40(45,46)47)35(53)50-39(36(54)55)23-12-21-11-22(14-23)15-24(39)13-21/h5-6,16-18,21-27H,1-4,7-15,19-20H2,(H,50,53)(H,54,55)/t21?,22?,23?,24?,25-,27-,39?. The molecule has 1 aromatic carbocycles. The highest BCUT2D eigenvalue weighted by Gasteiger charge is 2.62. The highest BCUT2D eigenvalue weighted by molar-refractivity contribution is 6.00. The largest absolute Gasteiger partial charge is 0.490 e. The van der Waals surface area contributed by atoms with Gasteiger partial charge in [-0.25, -0.2) is 32.3 Å². The number of hydrogen-bond acceptors (Lipinski definition) is 6. The Hall–Kier alpha value is -3.95. The number of carbonyl (C=O) groups excluding carboxylic acids is 1. The summed E-state index contributed by atoms with van der Waals surface area (Å²) in [6.45, 7) is -0.466. The number of aliphatic carboxylic acids is 1. The van der Waals surface area contributed by atoms with E-state index in [-0.39, 0.29) is 74.1 Å². The lowest BCUT2D eigenvalue weighted by atomic mass is 9.48. The molecule has 10 rings (SSSR count). The number of ether oxygens (including phenoxy) is 1. The van der Waals surface area contributed by atoms with E-state index in [4.69, 9.17) is 4.74 Å². The Kier molecular flexibility index (Phi) is 8.94. The first-order valence-corrected chi connectivity index (χ1v) is 19.8. The summed E-state index contributed by atoms with van der Waals surface area (Å²) >= 11 is 0. The van der Waals surface area contributed by atoms with E-state index >= 15 is 0 Å². The quantitative estimate of drug-likeness (QED) is 0.220. The van der Waals surface area contributed by atoms with Gasteiger partial charge in [-0.3, -0.25) is 9.69 Å². The lowest BCUT2D eigenvalue weighted by Gasteiger charge is -2.59. The average Bonchev–Trinajstić information content (AvgIpc) is 3.50. The summed E-state index contributed by atoms with van der Waals surface area (Å²) in [4.78, 5) is 36.6. The minimum atomic E-state index is -5.10. The molecule has 0 radical (unpaired) electrons. The number of aromatic nitrogens is 3. The molecule has 1 saturated heterocycles. The third-order valence-electron chi connectivity index (χ3n) is 13.9. The van der Waals surface area contributed by atoms with Crippen molar-refractivity contribution < 1.29 is 50.2 Å². The molecule has 6 saturated carbocycles. The van der Waals surface area contributed by atoms with Gasteiger partial charge in [0.1, 0.15) is 11.3 Å². The van der Waals surface area contributed by atoms with E-state index in [0.29, 0.717) is 79.9 Å². The molecule has 7 aliphatic rings. The first-order chi connectivity index (χ1) is 26.5. The molecule has 6 aliphatic carbocycles. The number of nitrogens with zero attached hydrogens (tertiary/aromatic N) is 4. The molecule has 7 fully saturated rings. The van der Waals surface area contributed by atoms with Gasteiger partial charge in [-0.15, -0.1) is 0 Å². The molecule has 16 heteroatoms. The lowest BCUT2D eigenvalue weighted by molar-refractivity contribution is -0.163. The second-order valence-corrected chi connectivity index (χ2v) is 17.4. The van der Waals surface area contributed by atoms with Gasteiger partial charge in [0.2, 0.25) is 5.92 Å². The normalized spacial score (nSPS) is 32.6. The van der Waals surface area contributed by atoms with E-state index in [1.54, 1.807) is 33.9 Å². The second kappa shape index (κ2) is 13.3. The summed E-state index contributed by atoms with van der Waals surface area (Å²) in [5.41, 5.74) is -3.31. The monoisotopic (exact) mass is 791 g/mol. The minimum Gasteiger partial charge on any atom is -0.490 e. The number of carbonyl (C=O) groups is 2. The van der Waals surface area contributed by atoms with Crippen LogP contribution < -0.4 is 10.1 Å². The van der Waals surface area contributed by atoms with Crippen LogP contribution in [0.1, 0.15) is 106 Å². The first kappa shape index (κ1) is 37.6. The number of nitrogens with one attached hydrogen (secondary N) is 1. The molecule has 1 aliphatic heterocycles. The number of fused-ring (bicyclic) bond motifs is 1. The van der Waals surface area contributed by atoms with Crippen molar-refractivity contribution in [2.24, 2.45) is 23.7 Å². The summed E-state index contributed by atoms with van der Waals surface area (Å²) in [5.74, 6) is -7.82. The van der Waals surface area contributed by atoms with Crippen LogP contribution in [0.4, 0.5) is 30.7 Å². The van der Waals surface area contributed by atoms with Gasteiger partial charge in [0.25, 0.3) is 11.8 Å². The van der Waals surface area contributed by atoms with Crippen LogP contribution in [0.2, 0.25) is 0 Å². The molecule has 4 bridgehead atoms. The van der Waals surface area contributed by atoms with Crippen molar-refractivity contribution in [1.29, 1.82) is 0 Å². The maximum Gasteiger partial charge on any atom is 0.434 e. The van der Waals surface area contributed by atoms with Crippen molar-refractivity contribution in [3.05, 3.63) is 41.9 Å². The molecular weight excluding hydrogens is 747 g/mol. The molecule has 0 atom stereocenters. The first-order valence-electron chi connectivity index (χ1n) is 19.8. The number of carboxylic acids is 1. The number of alkyl halides is 7. The number of carboxylic acid groups (broad SMARTS) is 1. The maximum absolute atomic E-state index is 14.8. The van der Waals surface area contributed by atoms with Crippen LogP contribution in [0.3, 0.4) is 0 Å². The summed E-state index contributed by atoms with van der Waals surface area (Å²) in [6.07, 6.45) is 2.74. The molecule has 3 aromatic rings. The smallest absolute Gasteiger partial charge is 0.434 e. The second-order valence-electron chi connectivity index (χ2n) is 17.4. The highest BCUT2D eigenvalue weighted by atomic mass is 19.4. The number of amides is 1. The zero-order valence-electron chi connectivity index (χ0n) is 30.6. The molecule has 2 N–H and O–H groups in total. The van der Waals surface area contributed by atoms with Crippen LogP contribution in [0.15, 0.2) is 30.6 Å². The Bertz CT molecular complexity index is 2000. The molecule has 9 nitrogen and oxygen atoms in total. The van der Waals surface area contributed by atoms with Crippen molar-refractivity contribution in [3.63, 3.8) is 0 Å². The van der Waals surface area contributed by atoms with Gasteiger partial charge >= 0.3 is 12.1 Å². The zero-order valence-corrected chi connectivity index (χ0v) is 30.6. The molecule has 3 heterocycles. The average molecular weight is 792 g/mol. The summed E-state index contributed by atoms with van der Waals surface area (Å²) in [5, 5.41) is 13.5. The predicted octanol–water partition coefficient (Wildman–Crippen LogP) is 8.52. The molecule has 56 heavy (non-hydrogen) atoms. The minimum absolute atomic E-state index is 0.0657. The van der Waals surface area contributed by atoms with Crippen LogP contribution in [0, 0.1) is 23.7 Å². The van der Waals surface area contributed by atoms with E-state index in [9.17, 15) is 45.4 Å². The molecule has 0 spiro atoms. The summed E-state index contributed by atoms with van der Waals surface area (Å²) < 4.78 is 108. The van der Waals surface area contributed by atoms with E-state index in [2.05, 4.69) is 15.3 Å². The predicted molar refractivity (Wildman–Crippen MR) is 188 cm³/mol. The van der Waals surface area contributed by atoms with Gasteiger partial charge in [0, 0.05) is 54.3 Å². The van der Waals surface area contributed by atoms with Crippen molar-refractivity contribution in [3.8, 4) is 17.1 Å². The van der Waals surface area contributed by atoms with Gasteiger partial charge in [-0.05, 0) is 106 Å².